The number of likely N-dealkylation sites (tertiary alicyclic amines) is 1. The van der Waals surface area contributed by atoms with Gasteiger partial charge in [-0.15, -0.1) is 11.3 Å². The van der Waals surface area contributed by atoms with Crippen molar-refractivity contribution in [1.82, 2.24) is 15.2 Å². The van der Waals surface area contributed by atoms with Gasteiger partial charge in [-0.1, -0.05) is 24.6 Å². The summed E-state index contributed by atoms with van der Waals surface area (Å²) >= 11 is 1.42. The predicted octanol–water partition coefficient (Wildman–Crippen LogP) is 2.89. The fourth-order valence-electron chi connectivity index (χ4n) is 2.93. The van der Waals surface area contributed by atoms with Gasteiger partial charge < -0.3 is 10.6 Å². The third-order valence-corrected chi connectivity index (χ3v) is 5.20. The van der Waals surface area contributed by atoms with Crippen LogP contribution >= 0.6 is 11.3 Å². The Morgan fingerprint density at radius 1 is 1.19 bits per heavy atom. The molecule has 2 N–H and O–H groups in total. The summed E-state index contributed by atoms with van der Waals surface area (Å²) in [5.41, 5.74) is 1.51. The van der Waals surface area contributed by atoms with E-state index in [2.05, 4.69) is 20.5 Å². The van der Waals surface area contributed by atoms with Crippen molar-refractivity contribution in [3.8, 4) is 0 Å². The average molecular weight is 372 g/mol. The minimum Gasteiger partial charge on any atom is -0.341 e. The molecule has 1 saturated heterocycles. The smallest absolute Gasteiger partial charge is 0.251 e. The van der Waals surface area contributed by atoms with Crippen LogP contribution in [0.4, 0.5) is 5.13 Å². The minimum atomic E-state index is -0.642. The molecule has 0 saturated carbocycles. The van der Waals surface area contributed by atoms with Crippen molar-refractivity contribution in [2.75, 3.05) is 18.4 Å². The van der Waals surface area contributed by atoms with Gasteiger partial charge in [0.2, 0.25) is 5.91 Å². The number of nitrogens with zero attached hydrogens (tertiary/aromatic N) is 2. The quantitative estimate of drug-likeness (QED) is 0.818. The van der Waals surface area contributed by atoms with Crippen molar-refractivity contribution in [2.24, 2.45) is 0 Å². The molecule has 3 rings (SSSR count). The van der Waals surface area contributed by atoms with Crippen LogP contribution in [0, 0.1) is 0 Å². The van der Waals surface area contributed by atoms with Crippen molar-refractivity contribution < 1.29 is 9.59 Å². The summed E-state index contributed by atoms with van der Waals surface area (Å²) in [6, 6.07) is 8.22. The van der Waals surface area contributed by atoms with Crippen LogP contribution in [0.15, 0.2) is 35.7 Å². The Bertz CT molecular complexity index is 741. The highest BCUT2D eigenvalue weighted by Gasteiger charge is 2.18. The molecular formula is C19H24N4O2S. The molecule has 1 aliphatic rings. The number of hydrogen-bond donors (Lipinski definition) is 2. The molecule has 0 spiro atoms. The largest absolute Gasteiger partial charge is 0.341 e. The van der Waals surface area contributed by atoms with E-state index in [-0.39, 0.29) is 11.8 Å². The third kappa shape index (κ3) is 5.12. The zero-order valence-electron chi connectivity index (χ0n) is 14.9. The average Bonchev–Trinajstić information content (AvgIpc) is 3.10. The van der Waals surface area contributed by atoms with Gasteiger partial charge in [-0.3, -0.25) is 14.5 Å². The Labute approximate surface area is 157 Å². The van der Waals surface area contributed by atoms with E-state index in [1.807, 2.05) is 11.4 Å². The predicted molar refractivity (Wildman–Crippen MR) is 103 cm³/mol. The number of aromatic nitrogens is 1. The van der Waals surface area contributed by atoms with E-state index in [9.17, 15) is 9.59 Å². The number of nitrogens with one attached hydrogen (secondary N) is 2. The molecule has 0 aliphatic carbocycles. The standard InChI is InChI=1S/C19H24N4O2S/c1-14(20-18(25)15-8-4-2-5-9-15)17(24)22-19-21-16(13-26-19)12-23-10-6-3-7-11-23/h2,4-5,8-9,13-14H,3,6-7,10-12H2,1H3,(H,20,25)(H,21,22,24). The van der Waals surface area contributed by atoms with E-state index in [1.54, 1.807) is 31.2 Å². The zero-order valence-corrected chi connectivity index (χ0v) is 15.7. The second kappa shape index (κ2) is 8.91. The highest BCUT2D eigenvalue weighted by molar-refractivity contribution is 7.13. The van der Waals surface area contributed by atoms with E-state index in [4.69, 9.17) is 0 Å². The van der Waals surface area contributed by atoms with Gasteiger partial charge >= 0.3 is 0 Å². The molecule has 2 amide bonds. The molecule has 0 bridgehead atoms. The number of piperidine rings is 1. The zero-order chi connectivity index (χ0) is 18.4. The minimum absolute atomic E-state index is 0.266. The van der Waals surface area contributed by atoms with Crippen LogP contribution in [0.1, 0.15) is 42.2 Å². The summed E-state index contributed by atoms with van der Waals surface area (Å²) in [5.74, 6) is -0.536. The molecule has 138 valence electrons. The number of amides is 2. The number of carbonyl (C=O) groups is 2. The Balaban J connectivity index is 1.50. The van der Waals surface area contributed by atoms with Gasteiger partial charge in [0.05, 0.1) is 5.69 Å². The lowest BCUT2D eigenvalue weighted by Gasteiger charge is -2.25. The summed E-state index contributed by atoms with van der Waals surface area (Å²) in [5, 5.41) is 8.05. The third-order valence-electron chi connectivity index (χ3n) is 4.39. The lowest BCUT2D eigenvalue weighted by molar-refractivity contribution is -0.117. The first-order valence-electron chi connectivity index (χ1n) is 8.95. The van der Waals surface area contributed by atoms with Gasteiger partial charge in [0, 0.05) is 17.5 Å². The fourth-order valence-corrected chi connectivity index (χ4v) is 3.64. The lowest BCUT2D eigenvalue weighted by atomic mass is 10.1. The number of hydrogen-bond acceptors (Lipinski definition) is 5. The number of carbonyl (C=O) groups excluding carboxylic acids is 2. The van der Waals surface area contributed by atoms with Crippen molar-refractivity contribution >= 4 is 28.3 Å². The van der Waals surface area contributed by atoms with Gasteiger partial charge in [0.25, 0.3) is 5.91 Å². The molecule has 1 unspecified atom stereocenters. The monoisotopic (exact) mass is 372 g/mol. The number of anilines is 1. The highest BCUT2D eigenvalue weighted by Crippen LogP contribution is 2.19. The van der Waals surface area contributed by atoms with Crippen LogP contribution in [0.5, 0.6) is 0 Å². The maximum Gasteiger partial charge on any atom is 0.251 e. The second-order valence-corrected chi connectivity index (χ2v) is 7.39. The molecule has 2 heterocycles. The Morgan fingerprint density at radius 2 is 1.92 bits per heavy atom. The van der Waals surface area contributed by atoms with Crippen LogP contribution in [0.2, 0.25) is 0 Å². The van der Waals surface area contributed by atoms with Crippen LogP contribution < -0.4 is 10.6 Å². The normalized spacial score (nSPS) is 16.0. The van der Waals surface area contributed by atoms with Gasteiger partial charge in [-0.05, 0) is 45.0 Å². The molecule has 0 radical (unpaired) electrons. The van der Waals surface area contributed by atoms with Gasteiger partial charge in [-0.25, -0.2) is 4.98 Å². The molecule has 1 aliphatic heterocycles. The van der Waals surface area contributed by atoms with Gasteiger partial charge in [0.1, 0.15) is 6.04 Å². The topological polar surface area (TPSA) is 74.3 Å². The van der Waals surface area contributed by atoms with E-state index < -0.39 is 6.04 Å². The maximum absolute atomic E-state index is 12.3. The fraction of sp³-hybridized carbons (Fsp3) is 0.421. The van der Waals surface area contributed by atoms with Gasteiger partial charge in [-0.2, -0.15) is 0 Å². The summed E-state index contributed by atoms with van der Waals surface area (Å²) < 4.78 is 0. The van der Waals surface area contributed by atoms with Crippen molar-refractivity contribution in [1.29, 1.82) is 0 Å². The van der Waals surface area contributed by atoms with Crippen molar-refractivity contribution in [2.45, 2.75) is 38.8 Å². The summed E-state index contributed by atoms with van der Waals surface area (Å²) in [4.78, 5) is 31.3. The summed E-state index contributed by atoms with van der Waals surface area (Å²) in [6.45, 7) is 4.72. The van der Waals surface area contributed by atoms with Crippen molar-refractivity contribution in [3.63, 3.8) is 0 Å². The van der Waals surface area contributed by atoms with Crippen LogP contribution in [-0.4, -0.2) is 40.8 Å². The molecule has 1 fully saturated rings. The van der Waals surface area contributed by atoms with Crippen molar-refractivity contribution in [3.05, 3.63) is 47.0 Å². The molecule has 1 aromatic carbocycles. The number of rotatable bonds is 6. The molecule has 26 heavy (non-hydrogen) atoms. The van der Waals surface area contributed by atoms with Crippen LogP contribution in [-0.2, 0) is 11.3 Å². The van der Waals surface area contributed by atoms with E-state index >= 15 is 0 Å². The summed E-state index contributed by atoms with van der Waals surface area (Å²) in [7, 11) is 0. The van der Waals surface area contributed by atoms with Crippen LogP contribution in [0.3, 0.4) is 0 Å². The SMILES string of the molecule is CC(NC(=O)c1ccccc1)C(=O)Nc1nc(CN2CCCCC2)cs1. The van der Waals surface area contributed by atoms with E-state index in [0.717, 1.165) is 25.3 Å². The maximum atomic E-state index is 12.3. The van der Waals surface area contributed by atoms with Gasteiger partial charge in [0.15, 0.2) is 5.13 Å². The Kier molecular flexibility index (Phi) is 6.35. The first-order chi connectivity index (χ1) is 12.6. The lowest BCUT2D eigenvalue weighted by Crippen LogP contribution is -2.41. The highest BCUT2D eigenvalue weighted by atomic mass is 32.1. The number of benzene rings is 1. The first kappa shape index (κ1) is 18.5. The van der Waals surface area contributed by atoms with E-state index in [0.29, 0.717) is 10.7 Å². The molecule has 7 heteroatoms. The molecule has 2 aromatic rings. The first-order valence-corrected chi connectivity index (χ1v) is 9.83. The molecule has 1 aromatic heterocycles. The molecular weight excluding hydrogens is 348 g/mol. The number of thiazole rings is 1. The molecule has 6 nitrogen and oxygen atoms in total. The molecule has 1 atom stereocenters. The van der Waals surface area contributed by atoms with E-state index in [1.165, 1.54) is 30.6 Å². The Hall–Kier alpha value is -2.25. The Morgan fingerprint density at radius 3 is 2.65 bits per heavy atom. The second-order valence-electron chi connectivity index (χ2n) is 6.53. The van der Waals surface area contributed by atoms with Crippen LogP contribution in [0.25, 0.3) is 0 Å². The summed E-state index contributed by atoms with van der Waals surface area (Å²) in [6.07, 6.45) is 3.79.